The number of nitro groups is 1. The largest absolute Gasteiger partial charge is 0.435 e. The molecule has 2 aromatic rings. The van der Waals surface area contributed by atoms with E-state index in [0.29, 0.717) is 6.07 Å². The fraction of sp³-hybridized carbons (Fsp3) is 0.533. The molecule has 1 aliphatic heterocycles. The third kappa shape index (κ3) is 4.38. The molecule has 0 atom stereocenters. The summed E-state index contributed by atoms with van der Waals surface area (Å²) in [4.78, 5) is 19.4. The number of aryl methyl sites for hydroxylation is 1. The fourth-order valence-electron chi connectivity index (χ4n) is 3.02. The van der Waals surface area contributed by atoms with Crippen molar-refractivity contribution in [2.24, 2.45) is 13.0 Å². The quantitative estimate of drug-likeness (QED) is 0.406. The monoisotopic (exact) mass is 440 g/mol. The van der Waals surface area contributed by atoms with Crippen molar-refractivity contribution < 1.29 is 36.0 Å². The van der Waals surface area contributed by atoms with Crippen molar-refractivity contribution in [1.82, 2.24) is 19.7 Å². The first kappa shape index (κ1) is 21.6. The van der Waals surface area contributed by atoms with Crippen LogP contribution in [0.1, 0.15) is 18.5 Å². The van der Waals surface area contributed by atoms with Gasteiger partial charge >= 0.3 is 23.9 Å². The minimum Gasteiger partial charge on any atom is -0.415 e. The first-order valence-corrected chi connectivity index (χ1v) is 8.48. The van der Waals surface area contributed by atoms with Crippen molar-refractivity contribution in [1.29, 1.82) is 0 Å². The molecule has 3 rings (SSSR count). The van der Waals surface area contributed by atoms with Gasteiger partial charge < -0.3 is 9.64 Å². The van der Waals surface area contributed by atoms with E-state index in [-0.39, 0.29) is 31.7 Å². The highest BCUT2D eigenvalue weighted by atomic mass is 19.4. The zero-order valence-corrected chi connectivity index (χ0v) is 15.2. The predicted molar refractivity (Wildman–Crippen MR) is 88.0 cm³/mol. The van der Waals surface area contributed by atoms with E-state index in [9.17, 15) is 36.5 Å². The third-order valence-electron chi connectivity index (χ3n) is 4.54. The van der Waals surface area contributed by atoms with Crippen molar-refractivity contribution in [3.63, 3.8) is 0 Å². The molecule has 0 saturated carbocycles. The lowest BCUT2D eigenvalue weighted by atomic mass is 9.96. The van der Waals surface area contributed by atoms with E-state index in [0.717, 1.165) is 18.1 Å². The van der Waals surface area contributed by atoms with Crippen molar-refractivity contribution in [2.75, 3.05) is 18.0 Å². The summed E-state index contributed by atoms with van der Waals surface area (Å²) in [5.41, 5.74) is -2.04. The molecule has 0 radical (unpaired) electrons. The zero-order chi connectivity index (χ0) is 22.3. The van der Waals surface area contributed by atoms with Crippen molar-refractivity contribution in [3.8, 4) is 11.8 Å². The average Bonchev–Trinajstić information content (AvgIpc) is 3.02. The lowest BCUT2D eigenvalue weighted by Crippen LogP contribution is -2.39. The van der Waals surface area contributed by atoms with Gasteiger partial charge in [0.1, 0.15) is 6.33 Å². The van der Waals surface area contributed by atoms with Crippen molar-refractivity contribution in [3.05, 3.63) is 28.2 Å². The number of ether oxygens (including phenoxy) is 1. The van der Waals surface area contributed by atoms with E-state index < -0.39 is 46.3 Å². The van der Waals surface area contributed by atoms with Gasteiger partial charge in [-0.1, -0.05) is 0 Å². The van der Waals surface area contributed by atoms with Crippen LogP contribution in [0.15, 0.2) is 12.4 Å². The molecule has 1 fully saturated rings. The van der Waals surface area contributed by atoms with Gasteiger partial charge in [-0.2, -0.15) is 36.4 Å². The number of anilines is 1. The Labute approximate surface area is 164 Å². The normalized spacial score (nSPS) is 16.0. The van der Waals surface area contributed by atoms with Gasteiger partial charge in [0.15, 0.2) is 5.69 Å². The second kappa shape index (κ2) is 7.60. The molecule has 15 heteroatoms. The van der Waals surface area contributed by atoms with Crippen LogP contribution in [-0.2, 0) is 13.2 Å². The molecule has 0 aliphatic carbocycles. The summed E-state index contributed by atoms with van der Waals surface area (Å²) in [7, 11) is 1.14. The van der Waals surface area contributed by atoms with Gasteiger partial charge in [0, 0.05) is 26.2 Å². The fourth-order valence-corrected chi connectivity index (χ4v) is 3.02. The summed E-state index contributed by atoms with van der Waals surface area (Å²) >= 11 is 0. The van der Waals surface area contributed by atoms with E-state index in [4.69, 9.17) is 4.74 Å². The Hall–Kier alpha value is -3.13. The minimum absolute atomic E-state index is 0.147. The summed E-state index contributed by atoms with van der Waals surface area (Å²) in [6.07, 6.45) is -8.80. The standard InChI is InChI=1S/C15H14F6N6O3/c1-25-10(6-9(24-25)15(19,20)21)30-13-11(27(28)29)12(22-7-23-13)26-4-2-8(3-5-26)14(16,17)18/h6-8H,2-5H2,1H3. The van der Waals surface area contributed by atoms with Crippen LogP contribution in [0.3, 0.4) is 0 Å². The van der Waals surface area contributed by atoms with Crippen molar-refractivity contribution >= 4 is 11.5 Å². The molecule has 164 valence electrons. The SMILES string of the molecule is Cn1nc(C(F)(F)F)cc1Oc1ncnc(N2CCC(C(F)(F)F)CC2)c1[N+](=O)[O-]. The minimum atomic E-state index is -4.76. The molecular formula is C15H14F6N6O3. The molecule has 0 N–H and O–H groups in total. The highest BCUT2D eigenvalue weighted by Crippen LogP contribution is 2.40. The van der Waals surface area contributed by atoms with Gasteiger partial charge in [0.2, 0.25) is 11.7 Å². The highest BCUT2D eigenvalue weighted by molar-refractivity contribution is 5.63. The molecule has 0 unspecified atom stereocenters. The van der Waals surface area contributed by atoms with Crippen LogP contribution in [0.4, 0.5) is 37.8 Å². The van der Waals surface area contributed by atoms with Crippen molar-refractivity contribution in [2.45, 2.75) is 25.2 Å². The first-order chi connectivity index (χ1) is 13.9. The molecule has 1 aliphatic rings. The Morgan fingerprint density at radius 2 is 1.80 bits per heavy atom. The molecule has 0 bridgehead atoms. The smallest absolute Gasteiger partial charge is 0.415 e. The first-order valence-electron chi connectivity index (χ1n) is 8.48. The molecular weight excluding hydrogens is 426 g/mol. The van der Waals surface area contributed by atoms with Crippen LogP contribution in [0, 0.1) is 16.0 Å². The number of aromatic nitrogens is 4. The Balaban J connectivity index is 1.90. The molecule has 3 heterocycles. The van der Waals surface area contributed by atoms with E-state index in [1.54, 1.807) is 0 Å². The second-order valence-corrected chi connectivity index (χ2v) is 6.50. The van der Waals surface area contributed by atoms with Gasteiger partial charge in [-0.15, -0.1) is 0 Å². The van der Waals surface area contributed by atoms with Crippen LogP contribution in [0.25, 0.3) is 0 Å². The summed E-state index contributed by atoms with van der Waals surface area (Å²) in [5.74, 6) is -2.92. The van der Waals surface area contributed by atoms with E-state index in [1.165, 1.54) is 4.90 Å². The summed E-state index contributed by atoms with van der Waals surface area (Å²) in [6, 6.07) is 0.542. The number of rotatable bonds is 4. The maximum Gasteiger partial charge on any atom is 0.435 e. The van der Waals surface area contributed by atoms with Gasteiger partial charge in [-0.3, -0.25) is 10.1 Å². The average molecular weight is 440 g/mol. The van der Waals surface area contributed by atoms with Crippen LogP contribution < -0.4 is 9.64 Å². The number of halogens is 6. The topological polar surface area (TPSA) is 99.2 Å². The molecule has 0 aromatic carbocycles. The number of alkyl halides is 6. The van der Waals surface area contributed by atoms with E-state index in [2.05, 4.69) is 15.1 Å². The Kier molecular flexibility index (Phi) is 5.47. The van der Waals surface area contributed by atoms with Gasteiger partial charge in [0.25, 0.3) is 0 Å². The molecule has 1 saturated heterocycles. The lowest BCUT2D eigenvalue weighted by molar-refractivity contribution is -0.385. The maximum atomic E-state index is 12.8. The number of hydrogen-bond donors (Lipinski definition) is 0. The van der Waals surface area contributed by atoms with Gasteiger partial charge in [-0.05, 0) is 12.8 Å². The van der Waals surface area contributed by atoms with E-state index >= 15 is 0 Å². The Bertz CT molecular complexity index is 936. The zero-order valence-electron chi connectivity index (χ0n) is 15.2. The van der Waals surface area contributed by atoms with Gasteiger partial charge in [0.05, 0.1) is 10.8 Å². The molecule has 30 heavy (non-hydrogen) atoms. The summed E-state index contributed by atoms with van der Waals surface area (Å²) in [5, 5.41) is 14.8. The van der Waals surface area contributed by atoms with Crippen LogP contribution in [-0.4, -0.2) is 43.9 Å². The Morgan fingerprint density at radius 3 is 2.30 bits per heavy atom. The number of nitrogens with zero attached hydrogens (tertiary/aromatic N) is 6. The molecule has 0 spiro atoms. The second-order valence-electron chi connectivity index (χ2n) is 6.50. The number of hydrogen-bond acceptors (Lipinski definition) is 7. The van der Waals surface area contributed by atoms with Crippen LogP contribution in [0.2, 0.25) is 0 Å². The highest BCUT2D eigenvalue weighted by Gasteiger charge is 2.42. The molecule has 9 nitrogen and oxygen atoms in total. The van der Waals surface area contributed by atoms with Crippen LogP contribution >= 0.6 is 0 Å². The lowest BCUT2D eigenvalue weighted by Gasteiger charge is -2.33. The third-order valence-corrected chi connectivity index (χ3v) is 4.54. The Morgan fingerprint density at radius 1 is 1.17 bits per heavy atom. The van der Waals surface area contributed by atoms with E-state index in [1.807, 2.05) is 0 Å². The predicted octanol–water partition coefficient (Wildman–Crippen LogP) is 3.71. The maximum absolute atomic E-state index is 12.8. The van der Waals surface area contributed by atoms with Gasteiger partial charge in [-0.25, -0.2) is 9.67 Å². The molecule has 0 amide bonds. The van der Waals surface area contributed by atoms with Crippen LogP contribution in [0.5, 0.6) is 11.8 Å². The molecule has 2 aromatic heterocycles. The number of piperidine rings is 1. The summed E-state index contributed by atoms with van der Waals surface area (Å²) in [6.45, 7) is -0.295. The summed E-state index contributed by atoms with van der Waals surface area (Å²) < 4.78 is 82.8.